The van der Waals surface area contributed by atoms with E-state index < -0.39 is 22.7 Å². The van der Waals surface area contributed by atoms with Gasteiger partial charge in [-0.15, -0.1) is 6.42 Å². The van der Waals surface area contributed by atoms with Crippen LogP contribution in [0.15, 0.2) is 63.8 Å². The first kappa shape index (κ1) is 49.5. The summed E-state index contributed by atoms with van der Waals surface area (Å²) >= 11 is 0. The smallest absolute Gasteiger partial charge is 0.167 e. The lowest BCUT2D eigenvalue weighted by molar-refractivity contribution is -0.144. The Morgan fingerprint density at radius 1 is 0.686 bits per heavy atom. The van der Waals surface area contributed by atoms with Crippen molar-refractivity contribution in [2.24, 2.45) is 57.2 Å². The van der Waals surface area contributed by atoms with Crippen LogP contribution in [0.4, 0.5) is 0 Å². The van der Waals surface area contributed by atoms with Crippen molar-refractivity contribution in [3.05, 3.63) is 74.9 Å². The maximum atomic E-state index is 12.8. The molecule has 6 saturated carbocycles. The van der Waals surface area contributed by atoms with Gasteiger partial charge in [-0.05, 0) is 240 Å². The molecule has 1 aromatic carbocycles. The molecular formula is C62H79NO7. The van der Waals surface area contributed by atoms with Crippen molar-refractivity contribution >= 4 is 17.3 Å². The van der Waals surface area contributed by atoms with E-state index in [4.69, 9.17) is 11.7 Å². The fourth-order valence-corrected chi connectivity index (χ4v) is 18.6. The van der Waals surface area contributed by atoms with Crippen LogP contribution in [0.3, 0.4) is 0 Å². The molecule has 14 atom stereocenters. The highest BCUT2D eigenvalue weighted by Crippen LogP contribution is 2.68. The number of rotatable bonds is 3. The van der Waals surface area contributed by atoms with Gasteiger partial charge < -0.3 is 20.4 Å². The van der Waals surface area contributed by atoms with Crippen molar-refractivity contribution in [3.8, 4) is 24.2 Å². The van der Waals surface area contributed by atoms with Crippen LogP contribution in [-0.2, 0) is 20.8 Å². The Labute approximate surface area is 417 Å². The Hall–Kier alpha value is -4.08. The Kier molecular flexibility index (Phi) is 12.6. The van der Waals surface area contributed by atoms with E-state index in [1.807, 2.05) is 24.3 Å². The first-order valence-electron chi connectivity index (χ1n) is 27.5. The minimum absolute atomic E-state index is 0.0124. The van der Waals surface area contributed by atoms with Crippen LogP contribution in [0.2, 0.25) is 0 Å². The third-order valence-corrected chi connectivity index (χ3v) is 22.8. The Bertz CT molecular complexity index is 2580. The van der Waals surface area contributed by atoms with Crippen molar-refractivity contribution < 1.29 is 34.8 Å². The van der Waals surface area contributed by atoms with E-state index in [0.717, 1.165) is 128 Å². The molecule has 4 N–H and O–H groups in total. The van der Waals surface area contributed by atoms with E-state index in [9.17, 15) is 34.8 Å². The summed E-state index contributed by atoms with van der Waals surface area (Å²) < 4.78 is 0. The van der Waals surface area contributed by atoms with Crippen LogP contribution in [0.1, 0.15) is 193 Å². The van der Waals surface area contributed by atoms with Crippen LogP contribution >= 0.6 is 0 Å². The molecule has 6 fully saturated rings. The van der Waals surface area contributed by atoms with Crippen molar-refractivity contribution in [1.29, 1.82) is 5.26 Å². The van der Waals surface area contributed by atoms with Gasteiger partial charge >= 0.3 is 0 Å². The molecule has 0 bridgehead atoms. The molecule has 0 aliphatic heterocycles. The molecule has 11 aliphatic carbocycles. The first-order valence-corrected chi connectivity index (χ1v) is 27.5. The standard InChI is InChI=1S/C22H30O3.C20H25NO2.C20H24O2/c1-13(23)20(25)22(3)11-9-19-18-6-4-14-12-15(24)5-7-16(14)17(18)8-10-21(19,22)2;1-19-8-6-16-15-5-3-14(22)12-13(15)2-4-17(16)18(19)7-9-20(19,23)10-11-21;1-3-20(22)11-9-18-17-6-4-13-12-14(21)5-7-15(13)16(17)8-10-19(18,20)2/h12-13,18-19,23H,4-11H2,1-3H3;12,17-18,23H,2-10H2,1H3;1,5,7,12,16-18,21-22H,4,6,8-11H2,2H3/t13-,18+,19-,21-,22+;17-,18+,19+,20-;16-,17-,18+,19+,20+/m011/s1. The SMILES string of the molecule is C#C[C@]1(O)CC[C@H]2[C@@H]3CCc4cc(O)ccc4[C@H]3CC[C@@]21C.C[C@H](O)C(=O)[C@@]1(C)CC[C@H]2[C@@H]3CCC4=CC(=O)CCC4=C3CC[C@@]21C.C[C@]12CCC3=C4CCC(=O)C=C4CC[C@H]3[C@@H]1CC[C@@]2(O)CC#N. The van der Waals surface area contributed by atoms with Gasteiger partial charge in [0.05, 0.1) is 18.1 Å². The summed E-state index contributed by atoms with van der Waals surface area (Å²) in [5.41, 5.74) is 9.07. The maximum Gasteiger partial charge on any atom is 0.167 e. The number of Topliss-reactive ketones (excluding diaryl/α,β-unsaturated/α-hetero) is 1. The van der Waals surface area contributed by atoms with Crippen LogP contribution in [0.5, 0.6) is 5.75 Å². The number of nitrogens with zero attached hydrogens (tertiary/aromatic N) is 1. The summed E-state index contributed by atoms with van der Waals surface area (Å²) in [5, 5.41) is 50.9. The number of nitriles is 1. The molecule has 12 rings (SSSR count). The van der Waals surface area contributed by atoms with Crippen LogP contribution < -0.4 is 0 Å². The molecule has 11 aliphatic rings. The summed E-state index contributed by atoms with van der Waals surface area (Å²) in [6, 6.07) is 8.10. The minimum Gasteiger partial charge on any atom is -0.508 e. The van der Waals surface area contributed by atoms with Gasteiger partial charge in [0.15, 0.2) is 17.3 Å². The maximum absolute atomic E-state index is 12.8. The predicted octanol–water partition coefficient (Wildman–Crippen LogP) is 11.6. The van der Waals surface area contributed by atoms with Gasteiger partial charge in [-0.2, -0.15) is 5.26 Å². The van der Waals surface area contributed by atoms with E-state index in [1.54, 1.807) is 18.1 Å². The third-order valence-electron chi connectivity index (χ3n) is 22.8. The van der Waals surface area contributed by atoms with E-state index >= 15 is 0 Å². The molecule has 8 heteroatoms. The lowest BCUT2D eigenvalue weighted by Gasteiger charge is -2.52. The van der Waals surface area contributed by atoms with Gasteiger partial charge in [0.1, 0.15) is 17.5 Å². The number of phenolic OH excluding ortho intramolecular Hbond substituents is 1. The molecule has 0 radical (unpaired) electrons. The van der Waals surface area contributed by atoms with Crippen molar-refractivity contribution in [2.75, 3.05) is 0 Å². The third kappa shape index (κ3) is 7.48. The fraction of sp³-hybridized carbons (Fsp3) is 0.677. The molecule has 1 aromatic rings. The average molecular weight is 950 g/mol. The molecule has 8 nitrogen and oxygen atoms in total. The number of allylic oxidation sites excluding steroid dienone is 8. The van der Waals surface area contributed by atoms with Crippen molar-refractivity contribution in [1.82, 2.24) is 0 Å². The Morgan fingerprint density at radius 3 is 1.87 bits per heavy atom. The largest absolute Gasteiger partial charge is 0.508 e. The molecule has 0 amide bonds. The number of phenols is 1. The quantitative estimate of drug-likeness (QED) is 0.218. The average Bonchev–Trinajstić information content (AvgIpc) is 3.90. The number of carbonyl (C=O) groups excluding carboxylic acids is 3. The molecule has 70 heavy (non-hydrogen) atoms. The van der Waals surface area contributed by atoms with Crippen molar-refractivity contribution in [3.63, 3.8) is 0 Å². The van der Waals surface area contributed by atoms with Gasteiger partial charge in [-0.1, -0.05) is 50.8 Å². The number of aliphatic hydroxyl groups is 3. The van der Waals surface area contributed by atoms with Crippen LogP contribution in [-0.4, -0.2) is 55.1 Å². The molecule has 0 unspecified atom stereocenters. The highest BCUT2D eigenvalue weighted by molar-refractivity contribution is 5.93. The normalized spacial score (nSPS) is 42.3. The predicted molar refractivity (Wildman–Crippen MR) is 271 cm³/mol. The highest BCUT2D eigenvalue weighted by Gasteiger charge is 2.64. The second kappa shape index (κ2) is 17.8. The number of fused-ring (bicyclic) bond motifs is 13. The van der Waals surface area contributed by atoms with E-state index in [-0.39, 0.29) is 40.0 Å². The molecule has 0 spiro atoms. The van der Waals surface area contributed by atoms with Gasteiger partial charge in [-0.25, -0.2) is 0 Å². The summed E-state index contributed by atoms with van der Waals surface area (Å²) in [7, 11) is 0. The number of aryl methyl sites for hydroxylation is 1. The topological polar surface area (TPSA) is 156 Å². The Morgan fingerprint density at radius 2 is 1.27 bits per heavy atom. The minimum atomic E-state index is -0.919. The Balaban J connectivity index is 0.000000122. The zero-order valence-electron chi connectivity index (χ0n) is 42.8. The number of aliphatic hydroxyl groups excluding tert-OH is 1. The van der Waals surface area contributed by atoms with Gasteiger partial charge in [0, 0.05) is 29.1 Å². The van der Waals surface area contributed by atoms with Crippen LogP contribution in [0, 0.1) is 80.8 Å². The highest BCUT2D eigenvalue weighted by atomic mass is 16.3. The van der Waals surface area contributed by atoms with Crippen molar-refractivity contribution in [2.45, 2.75) is 206 Å². The monoisotopic (exact) mass is 950 g/mol. The zero-order valence-corrected chi connectivity index (χ0v) is 42.8. The lowest BCUT2D eigenvalue weighted by atomic mass is 9.51. The summed E-state index contributed by atoms with van der Waals surface area (Å²) in [6.45, 7) is 10.5. The first-order chi connectivity index (χ1) is 33.2. The number of aromatic hydroxyl groups is 1. The summed E-state index contributed by atoms with van der Waals surface area (Å²) in [4.78, 5) is 36.3. The number of hydrogen-bond donors (Lipinski definition) is 4. The van der Waals surface area contributed by atoms with E-state index in [1.165, 1.54) is 33.4 Å². The molecule has 0 aromatic heterocycles. The summed E-state index contributed by atoms with van der Waals surface area (Å²) in [5.74, 6) is 7.59. The van der Waals surface area contributed by atoms with Gasteiger partial charge in [-0.3, -0.25) is 14.4 Å². The zero-order chi connectivity index (χ0) is 49.8. The molecular weight excluding hydrogens is 871 g/mol. The second-order valence-corrected chi connectivity index (χ2v) is 25.2. The van der Waals surface area contributed by atoms with Gasteiger partial charge in [0.25, 0.3) is 0 Å². The molecule has 0 heterocycles. The fourth-order valence-electron chi connectivity index (χ4n) is 18.6. The second-order valence-electron chi connectivity index (χ2n) is 25.2. The van der Waals surface area contributed by atoms with E-state index in [0.29, 0.717) is 60.0 Å². The van der Waals surface area contributed by atoms with Crippen LogP contribution in [0.25, 0.3) is 0 Å². The number of carbonyl (C=O) groups is 3. The number of hydrogen-bond acceptors (Lipinski definition) is 8. The lowest BCUT2D eigenvalue weighted by Crippen LogP contribution is -2.50. The number of ketones is 3. The summed E-state index contributed by atoms with van der Waals surface area (Å²) in [6.07, 6.45) is 30.3. The van der Waals surface area contributed by atoms with Gasteiger partial charge in [0.2, 0.25) is 0 Å². The number of terminal acetylenes is 1. The molecule has 0 saturated heterocycles. The van der Waals surface area contributed by atoms with E-state index in [2.05, 4.69) is 45.8 Å². The number of benzene rings is 1. The molecule has 374 valence electrons.